The summed E-state index contributed by atoms with van der Waals surface area (Å²) in [7, 11) is 0. The van der Waals surface area contributed by atoms with Gasteiger partial charge in [-0.25, -0.2) is 9.97 Å². The van der Waals surface area contributed by atoms with Crippen molar-refractivity contribution in [2.24, 2.45) is 0 Å². The summed E-state index contributed by atoms with van der Waals surface area (Å²) in [4.78, 5) is 11.3. The minimum absolute atomic E-state index is 0.715. The molecule has 2 aromatic rings. The molecule has 0 saturated carbocycles. The van der Waals surface area contributed by atoms with Crippen molar-refractivity contribution in [2.45, 2.75) is 13.8 Å². The summed E-state index contributed by atoms with van der Waals surface area (Å²) in [6.07, 6.45) is 1.63. The van der Waals surface area contributed by atoms with Crippen LogP contribution in [-0.2, 0) is 0 Å². The fourth-order valence-corrected chi connectivity index (χ4v) is 1.37. The molecular weight excluding hydrogens is 174 g/mol. The van der Waals surface area contributed by atoms with E-state index in [-0.39, 0.29) is 0 Å². The summed E-state index contributed by atoms with van der Waals surface area (Å²) < 4.78 is 0. The number of nitrogens with zero attached hydrogens (tertiary/aromatic N) is 2. The lowest BCUT2D eigenvalue weighted by Gasteiger charge is -2.01. The Morgan fingerprint density at radius 2 is 2.17 bits per heavy atom. The van der Waals surface area contributed by atoms with E-state index in [1.54, 1.807) is 6.33 Å². The lowest BCUT2D eigenvalue weighted by atomic mass is 10.2. The van der Waals surface area contributed by atoms with E-state index in [9.17, 15) is 0 Å². The number of imidazole rings is 1. The molecule has 0 radical (unpaired) electrons. The van der Waals surface area contributed by atoms with Crippen molar-refractivity contribution in [3.8, 4) is 0 Å². The first-order valence-electron chi connectivity index (χ1n) is 3.66. The standard InChI is InChI=1S/C8H8ClN3/c1-4-6(9)5(2)12-8-7(4)10-3-11-8/h3H,1-2H3,(H,10,11,12). The van der Waals surface area contributed by atoms with Gasteiger partial charge in [0.25, 0.3) is 0 Å². The van der Waals surface area contributed by atoms with E-state index in [1.807, 2.05) is 13.8 Å². The van der Waals surface area contributed by atoms with Crippen LogP contribution in [0.5, 0.6) is 0 Å². The summed E-state index contributed by atoms with van der Waals surface area (Å²) in [6.45, 7) is 3.83. The monoisotopic (exact) mass is 181 g/mol. The maximum atomic E-state index is 6.00. The van der Waals surface area contributed by atoms with Crippen molar-refractivity contribution < 1.29 is 0 Å². The number of hydrogen-bond donors (Lipinski definition) is 1. The van der Waals surface area contributed by atoms with Crippen LogP contribution in [0.2, 0.25) is 5.02 Å². The zero-order valence-electron chi connectivity index (χ0n) is 6.85. The molecule has 2 aromatic heterocycles. The van der Waals surface area contributed by atoms with E-state index in [2.05, 4.69) is 15.0 Å². The topological polar surface area (TPSA) is 41.6 Å². The van der Waals surface area contributed by atoms with Gasteiger partial charge >= 0.3 is 0 Å². The molecule has 0 spiro atoms. The Morgan fingerprint density at radius 3 is 2.92 bits per heavy atom. The Morgan fingerprint density at radius 1 is 1.42 bits per heavy atom. The van der Waals surface area contributed by atoms with Gasteiger partial charge in [-0.2, -0.15) is 0 Å². The normalized spacial score (nSPS) is 10.9. The highest BCUT2D eigenvalue weighted by atomic mass is 35.5. The molecule has 0 atom stereocenters. The van der Waals surface area contributed by atoms with E-state index in [0.717, 1.165) is 22.4 Å². The van der Waals surface area contributed by atoms with Crippen molar-refractivity contribution >= 4 is 22.8 Å². The van der Waals surface area contributed by atoms with Crippen molar-refractivity contribution in [3.63, 3.8) is 0 Å². The lowest BCUT2D eigenvalue weighted by molar-refractivity contribution is 1.21. The first-order chi connectivity index (χ1) is 5.70. The molecule has 0 aromatic carbocycles. The quantitative estimate of drug-likeness (QED) is 0.677. The molecule has 2 rings (SSSR count). The van der Waals surface area contributed by atoms with Crippen LogP contribution >= 0.6 is 11.6 Å². The van der Waals surface area contributed by atoms with Gasteiger partial charge in [-0.1, -0.05) is 11.6 Å². The summed E-state index contributed by atoms with van der Waals surface area (Å²) in [5.74, 6) is 0. The molecule has 0 saturated heterocycles. The smallest absolute Gasteiger partial charge is 0.177 e. The molecule has 4 heteroatoms. The van der Waals surface area contributed by atoms with Crippen molar-refractivity contribution in [1.29, 1.82) is 0 Å². The zero-order valence-corrected chi connectivity index (χ0v) is 7.61. The van der Waals surface area contributed by atoms with Crippen LogP contribution in [0.4, 0.5) is 0 Å². The predicted molar refractivity (Wildman–Crippen MR) is 48.4 cm³/mol. The highest BCUT2D eigenvalue weighted by molar-refractivity contribution is 6.32. The SMILES string of the molecule is Cc1nc2nc[nH]c2c(C)c1Cl. The fourth-order valence-electron chi connectivity index (χ4n) is 1.24. The second-order valence-electron chi connectivity index (χ2n) is 2.74. The Bertz CT molecular complexity index is 433. The van der Waals surface area contributed by atoms with E-state index in [4.69, 9.17) is 11.6 Å². The number of aryl methyl sites for hydroxylation is 2. The molecule has 0 aliphatic carbocycles. The molecule has 2 heterocycles. The first-order valence-corrected chi connectivity index (χ1v) is 4.03. The van der Waals surface area contributed by atoms with Gasteiger partial charge in [0.1, 0.15) is 0 Å². The van der Waals surface area contributed by atoms with E-state index >= 15 is 0 Å². The third-order valence-corrected chi connectivity index (χ3v) is 2.47. The van der Waals surface area contributed by atoms with Crippen molar-refractivity contribution in [3.05, 3.63) is 22.6 Å². The minimum Gasteiger partial charge on any atom is -0.343 e. The summed E-state index contributed by atoms with van der Waals surface area (Å²) in [5.41, 5.74) is 3.49. The van der Waals surface area contributed by atoms with Crippen LogP contribution in [0, 0.1) is 13.8 Å². The Labute approximate surface area is 74.8 Å². The molecule has 0 fully saturated rings. The number of aromatic nitrogens is 3. The zero-order chi connectivity index (χ0) is 8.72. The average molecular weight is 182 g/mol. The number of halogens is 1. The first kappa shape index (κ1) is 7.55. The van der Waals surface area contributed by atoms with Gasteiger partial charge in [0.2, 0.25) is 0 Å². The lowest BCUT2D eigenvalue weighted by Crippen LogP contribution is -1.88. The second-order valence-corrected chi connectivity index (χ2v) is 3.12. The molecule has 62 valence electrons. The van der Waals surface area contributed by atoms with Gasteiger partial charge in [0.15, 0.2) is 5.65 Å². The average Bonchev–Trinajstić information content (AvgIpc) is 2.48. The van der Waals surface area contributed by atoms with Crippen LogP contribution in [0.1, 0.15) is 11.3 Å². The molecule has 0 amide bonds. The highest BCUT2D eigenvalue weighted by Gasteiger charge is 2.07. The molecular formula is C8H8ClN3. The number of nitrogens with one attached hydrogen (secondary N) is 1. The van der Waals surface area contributed by atoms with E-state index in [1.165, 1.54) is 0 Å². The van der Waals surface area contributed by atoms with E-state index < -0.39 is 0 Å². The van der Waals surface area contributed by atoms with Crippen molar-refractivity contribution in [2.75, 3.05) is 0 Å². The van der Waals surface area contributed by atoms with Crippen LogP contribution in [0.3, 0.4) is 0 Å². The fraction of sp³-hybridized carbons (Fsp3) is 0.250. The van der Waals surface area contributed by atoms with Gasteiger partial charge in [0.05, 0.1) is 22.6 Å². The Kier molecular flexibility index (Phi) is 1.54. The van der Waals surface area contributed by atoms with Gasteiger partial charge in [0, 0.05) is 0 Å². The number of aromatic amines is 1. The number of pyridine rings is 1. The summed E-state index contributed by atoms with van der Waals surface area (Å²) in [5, 5.41) is 0.715. The van der Waals surface area contributed by atoms with Gasteiger partial charge in [-0.15, -0.1) is 0 Å². The number of rotatable bonds is 0. The molecule has 0 aliphatic heterocycles. The molecule has 0 unspecified atom stereocenters. The van der Waals surface area contributed by atoms with E-state index in [0.29, 0.717) is 5.02 Å². The highest BCUT2D eigenvalue weighted by Crippen LogP contribution is 2.23. The van der Waals surface area contributed by atoms with Crippen LogP contribution in [-0.4, -0.2) is 15.0 Å². The number of fused-ring (bicyclic) bond motifs is 1. The molecule has 0 aliphatic rings. The maximum absolute atomic E-state index is 6.00. The minimum atomic E-state index is 0.715. The third-order valence-electron chi connectivity index (χ3n) is 1.91. The van der Waals surface area contributed by atoms with Crippen molar-refractivity contribution in [1.82, 2.24) is 15.0 Å². The number of hydrogen-bond acceptors (Lipinski definition) is 2. The predicted octanol–water partition coefficient (Wildman–Crippen LogP) is 2.23. The largest absolute Gasteiger partial charge is 0.343 e. The van der Waals surface area contributed by atoms with Crippen LogP contribution < -0.4 is 0 Å². The number of H-pyrrole nitrogens is 1. The van der Waals surface area contributed by atoms with Crippen LogP contribution in [0.15, 0.2) is 6.33 Å². The summed E-state index contributed by atoms with van der Waals surface area (Å²) in [6, 6.07) is 0. The Balaban J connectivity index is 2.94. The molecule has 1 N–H and O–H groups in total. The van der Waals surface area contributed by atoms with Crippen LogP contribution in [0.25, 0.3) is 11.2 Å². The third kappa shape index (κ3) is 0.898. The Hall–Kier alpha value is -1.09. The van der Waals surface area contributed by atoms with Gasteiger partial charge < -0.3 is 4.98 Å². The van der Waals surface area contributed by atoms with Gasteiger partial charge in [-0.3, -0.25) is 0 Å². The van der Waals surface area contributed by atoms with Gasteiger partial charge in [-0.05, 0) is 19.4 Å². The molecule has 12 heavy (non-hydrogen) atoms. The second kappa shape index (κ2) is 2.45. The summed E-state index contributed by atoms with van der Waals surface area (Å²) >= 11 is 6.00. The maximum Gasteiger partial charge on any atom is 0.177 e. The molecule has 0 bridgehead atoms. The molecule has 3 nitrogen and oxygen atoms in total.